The zero-order chi connectivity index (χ0) is 17.2. The van der Waals surface area contributed by atoms with Crippen LogP contribution in [0.25, 0.3) is 11.2 Å². The maximum atomic E-state index is 5.54. The minimum Gasteiger partial charge on any atom is -0.388 e. The second-order valence-corrected chi connectivity index (χ2v) is 6.32. The van der Waals surface area contributed by atoms with Gasteiger partial charge < -0.3 is 15.9 Å². The van der Waals surface area contributed by atoms with Crippen LogP contribution in [-0.4, -0.2) is 48.3 Å². The molecular weight excluding hydrogens is 304 g/mol. The Labute approximate surface area is 140 Å². The Hall–Kier alpha value is -2.67. The lowest BCUT2D eigenvalue weighted by molar-refractivity contribution is -0.0944. The molecule has 0 atom stereocenters. The quantitative estimate of drug-likeness (QED) is 0.476. The maximum Gasteiger partial charge on any atom is 0.109 e. The van der Waals surface area contributed by atoms with Crippen molar-refractivity contribution in [1.29, 1.82) is 0 Å². The first-order chi connectivity index (χ1) is 11.6. The fraction of sp³-hybridized carbons (Fsp3) is 0.353. The number of nitrogens with two attached hydrogens (primary N) is 1. The molecule has 0 unspecified atom stereocenters. The van der Waals surface area contributed by atoms with Gasteiger partial charge in [-0.25, -0.2) is 4.52 Å². The summed E-state index contributed by atoms with van der Waals surface area (Å²) in [6, 6.07) is 3.93. The summed E-state index contributed by atoms with van der Waals surface area (Å²) in [4.78, 5) is 4.47. The van der Waals surface area contributed by atoms with Crippen molar-refractivity contribution in [2.75, 3.05) is 26.8 Å². The van der Waals surface area contributed by atoms with Gasteiger partial charge in [-0.2, -0.15) is 10.2 Å². The van der Waals surface area contributed by atoms with Crippen molar-refractivity contribution in [3.8, 4) is 0 Å². The number of hydrazone groups is 1. The van der Waals surface area contributed by atoms with Crippen molar-refractivity contribution in [2.24, 2.45) is 21.4 Å². The first-order valence-electron chi connectivity index (χ1n) is 7.76. The monoisotopic (exact) mass is 326 g/mol. The predicted molar refractivity (Wildman–Crippen MR) is 96.3 cm³/mol. The summed E-state index contributed by atoms with van der Waals surface area (Å²) in [5.41, 5.74) is 4.35. The van der Waals surface area contributed by atoms with Gasteiger partial charge in [-0.05, 0) is 12.1 Å². The molecule has 0 aliphatic carbocycles. The maximum absolute atomic E-state index is 5.54. The van der Waals surface area contributed by atoms with E-state index in [1.807, 2.05) is 25.4 Å². The highest BCUT2D eigenvalue weighted by Gasteiger charge is 2.32. The lowest BCUT2D eigenvalue weighted by Crippen LogP contribution is -2.42. The smallest absolute Gasteiger partial charge is 0.109 e. The zero-order valence-corrected chi connectivity index (χ0v) is 14.0. The van der Waals surface area contributed by atoms with Gasteiger partial charge in [-0.3, -0.25) is 4.99 Å². The van der Waals surface area contributed by atoms with Gasteiger partial charge in [0.15, 0.2) is 0 Å². The summed E-state index contributed by atoms with van der Waals surface area (Å²) in [5.74, 6) is 5.54. The molecule has 7 heteroatoms. The van der Waals surface area contributed by atoms with Crippen molar-refractivity contribution in [2.45, 2.75) is 6.92 Å². The summed E-state index contributed by atoms with van der Waals surface area (Å²) in [5, 5.41) is 11.3. The molecular formula is C17H22N6O. The highest BCUT2D eigenvalue weighted by molar-refractivity contribution is 6.38. The number of hydrogen-bond donors (Lipinski definition) is 2. The van der Waals surface area contributed by atoms with E-state index in [0.717, 1.165) is 35.6 Å². The number of rotatable bonds is 6. The average molecular weight is 326 g/mol. The Balaban J connectivity index is 1.82. The molecule has 0 amide bonds. The van der Waals surface area contributed by atoms with E-state index in [1.165, 1.54) is 0 Å². The molecule has 126 valence electrons. The highest BCUT2D eigenvalue weighted by atomic mass is 16.5. The number of nitrogens with zero attached hydrogens (tertiary/aromatic N) is 4. The molecule has 1 aliphatic heterocycles. The second kappa shape index (κ2) is 6.45. The molecule has 7 nitrogen and oxygen atoms in total. The molecule has 0 spiro atoms. The average Bonchev–Trinajstić information content (AvgIpc) is 2.99. The van der Waals surface area contributed by atoms with Gasteiger partial charge in [-0.1, -0.05) is 13.5 Å². The van der Waals surface area contributed by atoms with Crippen molar-refractivity contribution < 1.29 is 4.74 Å². The van der Waals surface area contributed by atoms with E-state index in [4.69, 9.17) is 10.6 Å². The molecule has 3 heterocycles. The summed E-state index contributed by atoms with van der Waals surface area (Å²) in [6.07, 6.45) is 5.37. The van der Waals surface area contributed by atoms with E-state index in [2.05, 4.69) is 34.0 Å². The largest absolute Gasteiger partial charge is 0.388 e. The molecule has 24 heavy (non-hydrogen) atoms. The van der Waals surface area contributed by atoms with Gasteiger partial charge in [0.25, 0.3) is 0 Å². The predicted octanol–water partition coefficient (Wildman–Crippen LogP) is 1.29. The van der Waals surface area contributed by atoms with Gasteiger partial charge in [-0.15, -0.1) is 0 Å². The van der Waals surface area contributed by atoms with Crippen LogP contribution in [-0.2, 0) is 4.74 Å². The Morgan fingerprint density at radius 2 is 2.33 bits per heavy atom. The first-order valence-corrected chi connectivity index (χ1v) is 7.76. The van der Waals surface area contributed by atoms with Crippen LogP contribution in [0.15, 0.2) is 41.2 Å². The molecule has 1 saturated heterocycles. The standard InChI is InChI=1S/C17H22N6O/c1-12(19-3)14-6-21-23-8-13(4-5-16(14)23)15(22-18)7-20-9-17(2)10-24-11-17/h4-8,19H,1,9-11,18H2,2-3H3/b20-7?,22-15+. The van der Waals surface area contributed by atoms with Crippen LogP contribution in [0.3, 0.4) is 0 Å². The lowest BCUT2D eigenvalue weighted by atomic mass is 9.89. The Bertz CT molecular complexity index is 816. The van der Waals surface area contributed by atoms with Crippen molar-refractivity contribution in [3.63, 3.8) is 0 Å². The topological polar surface area (TPSA) is 89.3 Å². The molecule has 0 saturated carbocycles. The number of aromatic nitrogens is 2. The SMILES string of the molecule is C=C(NC)c1cnn2cc(/C(C=NCC3(C)COC3)=N/N)ccc12. The summed E-state index contributed by atoms with van der Waals surface area (Å²) in [6.45, 7) is 8.32. The third-order valence-corrected chi connectivity index (χ3v) is 4.17. The molecule has 2 aromatic rings. The van der Waals surface area contributed by atoms with Crippen molar-refractivity contribution in [1.82, 2.24) is 14.9 Å². The second-order valence-electron chi connectivity index (χ2n) is 6.32. The van der Waals surface area contributed by atoms with Gasteiger partial charge >= 0.3 is 0 Å². The molecule has 0 aromatic carbocycles. The molecule has 1 fully saturated rings. The van der Waals surface area contributed by atoms with Crippen molar-refractivity contribution in [3.05, 3.63) is 42.2 Å². The number of ether oxygens (including phenoxy) is 1. The first kappa shape index (κ1) is 16.2. The van der Waals surface area contributed by atoms with E-state index in [-0.39, 0.29) is 5.41 Å². The summed E-state index contributed by atoms with van der Waals surface area (Å²) >= 11 is 0. The number of fused-ring (bicyclic) bond motifs is 1. The van der Waals surface area contributed by atoms with Crippen LogP contribution < -0.4 is 11.2 Å². The molecule has 0 bridgehead atoms. The van der Waals surface area contributed by atoms with Gasteiger partial charge in [0.1, 0.15) is 5.71 Å². The fourth-order valence-corrected chi connectivity index (χ4v) is 2.58. The number of pyridine rings is 1. The molecule has 2 aromatic heterocycles. The van der Waals surface area contributed by atoms with Crippen LogP contribution in [0.1, 0.15) is 18.1 Å². The summed E-state index contributed by atoms with van der Waals surface area (Å²) in [7, 11) is 1.84. The van der Waals surface area contributed by atoms with Crippen LogP contribution >= 0.6 is 0 Å². The van der Waals surface area contributed by atoms with E-state index >= 15 is 0 Å². The number of hydrogen-bond acceptors (Lipinski definition) is 6. The van der Waals surface area contributed by atoms with Gasteiger partial charge in [0.05, 0.1) is 24.9 Å². The number of aliphatic imine (C=N–C) groups is 1. The van der Waals surface area contributed by atoms with Crippen LogP contribution in [0.4, 0.5) is 0 Å². The van der Waals surface area contributed by atoms with Crippen LogP contribution in [0.5, 0.6) is 0 Å². The van der Waals surface area contributed by atoms with E-state index in [9.17, 15) is 0 Å². The third-order valence-electron chi connectivity index (χ3n) is 4.17. The Kier molecular flexibility index (Phi) is 4.35. The highest BCUT2D eigenvalue weighted by Crippen LogP contribution is 2.26. The minimum absolute atomic E-state index is 0.130. The summed E-state index contributed by atoms with van der Waals surface area (Å²) < 4.78 is 7.02. The van der Waals surface area contributed by atoms with Crippen molar-refractivity contribution >= 4 is 23.1 Å². The Morgan fingerprint density at radius 3 is 2.96 bits per heavy atom. The van der Waals surface area contributed by atoms with E-state index in [1.54, 1.807) is 16.9 Å². The molecule has 0 radical (unpaired) electrons. The van der Waals surface area contributed by atoms with E-state index in [0.29, 0.717) is 12.3 Å². The minimum atomic E-state index is 0.130. The van der Waals surface area contributed by atoms with E-state index < -0.39 is 0 Å². The van der Waals surface area contributed by atoms with Crippen LogP contribution in [0.2, 0.25) is 0 Å². The molecule has 3 rings (SSSR count). The van der Waals surface area contributed by atoms with Gasteiger partial charge in [0.2, 0.25) is 0 Å². The zero-order valence-electron chi connectivity index (χ0n) is 14.0. The fourth-order valence-electron chi connectivity index (χ4n) is 2.58. The van der Waals surface area contributed by atoms with Crippen LogP contribution in [0, 0.1) is 5.41 Å². The Morgan fingerprint density at radius 1 is 1.54 bits per heavy atom. The third kappa shape index (κ3) is 3.03. The number of nitrogens with one attached hydrogen (secondary N) is 1. The lowest BCUT2D eigenvalue weighted by Gasteiger charge is -2.36. The molecule has 3 N–H and O–H groups in total. The van der Waals surface area contributed by atoms with Gasteiger partial charge in [0, 0.05) is 48.2 Å². The molecule has 1 aliphatic rings. The normalized spacial score (nSPS) is 17.2.